The van der Waals surface area contributed by atoms with Gasteiger partial charge in [-0.15, -0.1) is 0 Å². The zero-order valence-electron chi connectivity index (χ0n) is 11.6. The Labute approximate surface area is 126 Å². The topological polar surface area (TPSA) is 84.8 Å². The van der Waals surface area contributed by atoms with E-state index in [1.54, 1.807) is 50.6 Å². The third-order valence-electron chi connectivity index (χ3n) is 2.74. The lowest BCUT2D eigenvalue weighted by molar-refractivity contribution is -0.160. The lowest BCUT2D eigenvalue weighted by Crippen LogP contribution is -2.47. The van der Waals surface area contributed by atoms with Crippen molar-refractivity contribution in [2.24, 2.45) is 15.8 Å². The second-order valence-electron chi connectivity index (χ2n) is 5.15. The summed E-state index contributed by atoms with van der Waals surface area (Å²) in [7, 11) is 0. The van der Waals surface area contributed by atoms with E-state index >= 15 is 0 Å². The van der Waals surface area contributed by atoms with Crippen molar-refractivity contribution in [1.29, 1.82) is 0 Å². The smallest absolute Gasteiger partial charge is 0.311 e. The maximum Gasteiger partial charge on any atom is 0.311 e. The molecule has 2 amide bonds. The lowest BCUT2D eigenvalue weighted by atomic mass is 9.84. The fourth-order valence-electron chi connectivity index (χ4n) is 1.29. The number of halogens is 1. The third kappa shape index (κ3) is 4.26. The summed E-state index contributed by atoms with van der Waals surface area (Å²) < 4.78 is 7.46. The first-order valence-corrected chi connectivity index (χ1v) is 6.83. The molecule has 1 atom stereocenters. The first kappa shape index (κ1) is 18.0. The molecule has 0 aliphatic heterocycles. The van der Waals surface area contributed by atoms with Gasteiger partial charge in [-0.25, -0.2) is 4.99 Å². The number of carbonyl (C=O) groups excluding carboxylic acids is 3. The SMILES string of the molecule is C=NC(=O)C(CC)(COC(=O)C(C)(C)C)C(=O)NI. The van der Waals surface area contributed by atoms with Gasteiger partial charge in [0.25, 0.3) is 5.91 Å². The Hall–Kier alpha value is -0.990. The maximum absolute atomic E-state index is 11.9. The standard InChI is InChI=1S/C12H19IN2O4/c1-6-12(8(16)14-5,9(17)15-13)7-19-10(18)11(2,3)4/h5-7H2,1-4H3,(H,15,17). The molecule has 0 bridgehead atoms. The van der Waals surface area contributed by atoms with Crippen LogP contribution in [0.1, 0.15) is 34.1 Å². The molecule has 0 fully saturated rings. The average Bonchev–Trinajstić information content (AvgIpc) is 2.37. The number of hydrogen-bond acceptors (Lipinski definition) is 4. The number of aliphatic imine (C=N–C) groups is 1. The summed E-state index contributed by atoms with van der Waals surface area (Å²) in [5.41, 5.74) is -2.21. The second-order valence-corrected chi connectivity index (χ2v) is 5.69. The zero-order valence-corrected chi connectivity index (χ0v) is 13.7. The van der Waals surface area contributed by atoms with E-state index in [9.17, 15) is 14.4 Å². The van der Waals surface area contributed by atoms with Crippen molar-refractivity contribution >= 4 is 47.4 Å². The molecule has 0 aromatic heterocycles. The third-order valence-corrected chi connectivity index (χ3v) is 3.23. The highest BCUT2D eigenvalue weighted by molar-refractivity contribution is 14.1. The molecule has 0 heterocycles. The van der Waals surface area contributed by atoms with E-state index in [2.05, 4.69) is 15.2 Å². The highest BCUT2D eigenvalue weighted by Crippen LogP contribution is 2.27. The minimum absolute atomic E-state index is 0.164. The summed E-state index contributed by atoms with van der Waals surface area (Å²) in [6.07, 6.45) is 0.164. The van der Waals surface area contributed by atoms with Crippen molar-refractivity contribution in [3.05, 3.63) is 0 Å². The minimum Gasteiger partial charge on any atom is -0.464 e. The van der Waals surface area contributed by atoms with E-state index in [1.165, 1.54) is 0 Å². The number of nitrogens with one attached hydrogen (secondary N) is 1. The van der Waals surface area contributed by atoms with E-state index in [0.717, 1.165) is 0 Å². The summed E-state index contributed by atoms with van der Waals surface area (Å²) in [6, 6.07) is 0. The van der Waals surface area contributed by atoms with Crippen LogP contribution in [0.5, 0.6) is 0 Å². The molecule has 0 aliphatic rings. The highest BCUT2D eigenvalue weighted by Gasteiger charge is 2.46. The number of rotatable bonds is 5. The molecule has 0 rings (SSSR count). The van der Waals surface area contributed by atoms with E-state index in [-0.39, 0.29) is 13.0 Å². The van der Waals surface area contributed by atoms with Gasteiger partial charge in [0.05, 0.1) is 28.3 Å². The summed E-state index contributed by atoms with van der Waals surface area (Å²) in [4.78, 5) is 38.8. The van der Waals surface area contributed by atoms with Crippen LogP contribution in [0.25, 0.3) is 0 Å². The highest BCUT2D eigenvalue weighted by atomic mass is 127. The van der Waals surface area contributed by atoms with Crippen LogP contribution >= 0.6 is 22.9 Å². The molecule has 0 aromatic rings. The first-order chi connectivity index (χ1) is 8.65. The van der Waals surface area contributed by atoms with Crippen LogP contribution in [-0.4, -0.2) is 31.1 Å². The molecule has 19 heavy (non-hydrogen) atoms. The van der Waals surface area contributed by atoms with Crippen LogP contribution < -0.4 is 3.53 Å². The molecule has 7 heteroatoms. The lowest BCUT2D eigenvalue weighted by Gasteiger charge is -2.27. The normalized spacial score (nSPS) is 14.2. The summed E-state index contributed by atoms with van der Waals surface area (Å²) >= 11 is 1.63. The largest absolute Gasteiger partial charge is 0.464 e. The Kier molecular flexibility index (Phi) is 6.61. The minimum atomic E-state index is -1.51. The van der Waals surface area contributed by atoms with Gasteiger partial charge in [-0.3, -0.25) is 17.9 Å². The first-order valence-electron chi connectivity index (χ1n) is 5.75. The van der Waals surface area contributed by atoms with Gasteiger partial charge in [0.15, 0.2) is 5.41 Å². The Morgan fingerprint density at radius 3 is 2.16 bits per heavy atom. The summed E-state index contributed by atoms with van der Waals surface area (Å²) in [5.74, 6) is -1.73. The molecule has 6 nitrogen and oxygen atoms in total. The van der Waals surface area contributed by atoms with Crippen molar-refractivity contribution in [1.82, 2.24) is 3.53 Å². The number of nitrogens with zero attached hydrogens (tertiary/aromatic N) is 1. The van der Waals surface area contributed by atoms with Gasteiger partial charge in [0.2, 0.25) is 5.91 Å². The molecule has 0 saturated carbocycles. The van der Waals surface area contributed by atoms with Gasteiger partial charge in [0.1, 0.15) is 6.61 Å². The van der Waals surface area contributed by atoms with Crippen molar-refractivity contribution < 1.29 is 19.1 Å². The molecule has 0 saturated heterocycles. The molecule has 1 N–H and O–H groups in total. The van der Waals surface area contributed by atoms with E-state index < -0.39 is 28.6 Å². The number of esters is 1. The Bertz CT molecular complexity index is 390. The van der Waals surface area contributed by atoms with Crippen molar-refractivity contribution in [3.8, 4) is 0 Å². The Morgan fingerprint density at radius 1 is 1.32 bits per heavy atom. The predicted octanol–water partition coefficient (Wildman–Crippen LogP) is 1.67. The van der Waals surface area contributed by atoms with Crippen LogP contribution in [0.15, 0.2) is 4.99 Å². The van der Waals surface area contributed by atoms with Crippen LogP contribution in [0.3, 0.4) is 0 Å². The molecular weight excluding hydrogens is 363 g/mol. The van der Waals surface area contributed by atoms with Crippen LogP contribution in [0.4, 0.5) is 0 Å². The van der Waals surface area contributed by atoms with E-state index in [4.69, 9.17) is 4.74 Å². The van der Waals surface area contributed by atoms with Gasteiger partial charge in [-0.1, -0.05) is 6.92 Å². The number of carbonyl (C=O) groups is 3. The fraction of sp³-hybridized carbons (Fsp3) is 0.667. The second kappa shape index (κ2) is 6.97. The monoisotopic (exact) mass is 382 g/mol. The van der Waals surface area contributed by atoms with Gasteiger partial charge in [-0.2, -0.15) is 0 Å². The van der Waals surface area contributed by atoms with Crippen LogP contribution in [-0.2, 0) is 19.1 Å². The van der Waals surface area contributed by atoms with Crippen LogP contribution in [0.2, 0.25) is 0 Å². The maximum atomic E-state index is 11.9. The van der Waals surface area contributed by atoms with E-state index in [1.807, 2.05) is 0 Å². The average molecular weight is 382 g/mol. The fourth-order valence-corrected chi connectivity index (χ4v) is 1.80. The van der Waals surface area contributed by atoms with Crippen molar-refractivity contribution in [2.75, 3.05) is 6.61 Å². The molecule has 108 valence electrons. The van der Waals surface area contributed by atoms with Gasteiger partial charge in [-0.05, 0) is 33.9 Å². The number of ether oxygens (including phenoxy) is 1. The van der Waals surface area contributed by atoms with Gasteiger partial charge < -0.3 is 4.74 Å². The van der Waals surface area contributed by atoms with Gasteiger partial charge >= 0.3 is 5.97 Å². The Balaban J connectivity index is 5.18. The number of amides is 2. The quantitative estimate of drug-likeness (QED) is 0.258. The van der Waals surface area contributed by atoms with E-state index in [0.29, 0.717) is 0 Å². The Morgan fingerprint density at radius 2 is 1.84 bits per heavy atom. The summed E-state index contributed by atoms with van der Waals surface area (Å²) in [6.45, 7) is 9.52. The summed E-state index contributed by atoms with van der Waals surface area (Å²) in [5, 5.41) is 0. The molecule has 0 aliphatic carbocycles. The van der Waals surface area contributed by atoms with Crippen molar-refractivity contribution in [2.45, 2.75) is 34.1 Å². The van der Waals surface area contributed by atoms with Crippen LogP contribution in [0, 0.1) is 10.8 Å². The molecule has 0 radical (unpaired) electrons. The van der Waals surface area contributed by atoms with Gasteiger partial charge in [0, 0.05) is 0 Å². The molecule has 0 spiro atoms. The zero-order chi connectivity index (χ0) is 15.3. The van der Waals surface area contributed by atoms with Crippen molar-refractivity contribution in [3.63, 3.8) is 0 Å². The molecular formula is C12H19IN2O4. The molecule has 1 unspecified atom stereocenters. The molecule has 0 aromatic carbocycles. The number of hydrogen-bond donors (Lipinski definition) is 1. The predicted molar refractivity (Wildman–Crippen MR) is 79.9 cm³/mol.